The van der Waals surface area contributed by atoms with Crippen molar-refractivity contribution in [2.45, 2.75) is 6.04 Å². The predicted octanol–water partition coefficient (Wildman–Crippen LogP) is 2.43. The SMILES string of the molecule is NNC(c1ccncc1)c1ccc(Cl)cc1F. The molecule has 2 rings (SSSR count). The van der Waals surface area contributed by atoms with Crippen molar-refractivity contribution in [3.05, 3.63) is 64.7 Å². The Kier molecular flexibility index (Phi) is 3.68. The molecular formula is C12H11ClFN3. The van der Waals surface area contributed by atoms with E-state index in [0.717, 1.165) is 5.56 Å². The van der Waals surface area contributed by atoms with E-state index in [-0.39, 0.29) is 0 Å². The minimum Gasteiger partial charge on any atom is -0.271 e. The molecule has 0 saturated heterocycles. The normalized spacial score (nSPS) is 12.4. The molecule has 3 nitrogen and oxygen atoms in total. The van der Waals surface area contributed by atoms with Crippen molar-refractivity contribution in [1.29, 1.82) is 0 Å². The van der Waals surface area contributed by atoms with E-state index in [0.29, 0.717) is 10.6 Å². The van der Waals surface area contributed by atoms with E-state index < -0.39 is 11.9 Å². The van der Waals surface area contributed by atoms with Crippen LogP contribution < -0.4 is 11.3 Å². The summed E-state index contributed by atoms with van der Waals surface area (Å²) in [5, 5.41) is 0.358. The lowest BCUT2D eigenvalue weighted by atomic mass is 10.00. The molecule has 5 heteroatoms. The zero-order chi connectivity index (χ0) is 12.3. The summed E-state index contributed by atoms with van der Waals surface area (Å²) in [5.74, 6) is 5.08. The van der Waals surface area contributed by atoms with E-state index in [4.69, 9.17) is 17.4 Å². The molecule has 0 spiro atoms. The Balaban J connectivity index is 2.42. The quantitative estimate of drug-likeness (QED) is 0.651. The number of pyridine rings is 1. The van der Waals surface area contributed by atoms with Crippen LogP contribution in [0.3, 0.4) is 0 Å². The molecule has 1 atom stereocenters. The minimum atomic E-state index is -0.421. The Morgan fingerprint density at radius 1 is 1.24 bits per heavy atom. The molecule has 1 unspecified atom stereocenters. The van der Waals surface area contributed by atoms with Crippen molar-refractivity contribution in [2.24, 2.45) is 5.84 Å². The molecule has 1 aromatic carbocycles. The second kappa shape index (κ2) is 5.23. The van der Waals surface area contributed by atoms with Gasteiger partial charge in [0.1, 0.15) is 5.82 Å². The molecule has 88 valence electrons. The van der Waals surface area contributed by atoms with E-state index >= 15 is 0 Å². The van der Waals surface area contributed by atoms with Crippen molar-refractivity contribution in [1.82, 2.24) is 10.4 Å². The van der Waals surface area contributed by atoms with Crippen molar-refractivity contribution < 1.29 is 4.39 Å². The van der Waals surface area contributed by atoms with E-state index in [1.165, 1.54) is 6.07 Å². The smallest absolute Gasteiger partial charge is 0.129 e. The fourth-order valence-corrected chi connectivity index (χ4v) is 1.82. The first-order valence-corrected chi connectivity index (χ1v) is 5.41. The van der Waals surface area contributed by atoms with Gasteiger partial charge in [0.25, 0.3) is 0 Å². The summed E-state index contributed by atoms with van der Waals surface area (Å²) in [6.07, 6.45) is 3.26. The van der Waals surface area contributed by atoms with Crippen molar-refractivity contribution in [3.8, 4) is 0 Å². The Labute approximate surface area is 103 Å². The maximum absolute atomic E-state index is 13.8. The Morgan fingerprint density at radius 3 is 2.53 bits per heavy atom. The van der Waals surface area contributed by atoms with Gasteiger partial charge in [-0.05, 0) is 29.8 Å². The van der Waals surface area contributed by atoms with Crippen LogP contribution in [0.2, 0.25) is 5.02 Å². The van der Waals surface area contributed by atoms with Gasteiger partial charge in [0.05, 0.1) is 6.04 Å². The molecule has 0 amide bonds. The van der Waals surface area contributed by atoms with Gasteiger partial charge in [0.2, 0.25) is 0 Å². The van der Waals surface area contributed by atoms with Crippen LogP contribution in [0.15, 0.2) is 42.7 Å². The van der Waals surface area contributed by atoms with Crippen molar-refractivity contribution in [3.63, 3.8) is 0 Å². The summed E-state index contributed by atoms with van der Waals surface area (Å²) >= 11 is 5.71. The van der Waals surface area contributed by atoms with Gasteiger partial charge in [-0.25, -0.2) is 9.82 Å². The number of halogens is 2. The molecule has 0 aliphatic heterocycles. The van der Waals surface area contributed by atoms with Crippen LogP contribution in [0, 0.1) is 5.82 Å². The highest BCUT2D eigenvalue weighted by Crippen LogP contribution is 2.25. The molecule has 0 fully saturated rings. The zero-order valence-corrected chi connectivity index (χ0v) is 9.66. The van der Waals surface area contributed by atoms with E-state index in [2.05, 4.69) is 10.4 Å². The summed E-state index contributed by atoms with van der Waals surface area (Å²) in [6, 6.07) is 7.64. The maximum atomic E-state index is 13.8. The molecule has 0 aliphatic carbocycles. The fraction of sp³-hybridized carbons (Fsp3) is 0.0833. The average molecular weight is 252 g/mol. The Morgan fingerprint density at radius 2 is 1.94 bits per heavy atom. The van der Waals surface area contributed by atoms with Gasteiger partial charge >= 0.3 is 0 Å². The fourth-order valence-electron chi connectivity index (χ4n) is 1.66. The third-order valence-corrected chi connectivity index (χ3v) is 2.71. The molecule has 0 bridgehead atoms. The van der Waals surface area contributed by atoms with E-state index in [1.54, 1.807) is 36.7 Å². The number of nitrogens with zero attached hydrogens (tertiary/aromatic N) is 1. The number of benzene rings is 1. The largest absolute Gasteiger partial charge is 0.271 e. The first-order chi connectivity index (χ1) is 8.22. The van der Waals surface area contributed by atoms with Crippen molar-refractivity contribution >= 4 is 11.6 Å². The lowest BCUT2D eigenvalue weighted by Gasteiger charge is -2.17. The maximum Gasteiger partial charge on any atom is 0.129 e. The molecule has 1 aromatic heterocycles. The van der Waals surface area contributed by atoms with Crippen LogP contribution in [0.25, 0.3) is 0 Å². The van der Waals surface area contributed by atoms with Crippen LogP contribution >= 0.6 is 11.6 Å². The van der Waals surface area contributed by atoms with Gasteiger partial charge in [-0.1, -0.05) is 17.7 Å². The van der Waals surface area contributed by atoms with Gasteiger partial charge in [0, 0.05) is 23.0 Å². The topological polar surface area (TPSA) is 50.9 Å². The number of hydrogen-bond acceptors (Lipinski definition) is 3. The summed E-state index contributed by atoms with van der Waals surface area (Å²) in [4.78, 5) is 3.91. The number of rotatable bonds is 3. The van der Waals surface area contributed by atoms with Crippen LogP contribution in [-0.2, 0) is 0 Å². The number of hydrogen-bond donors (Lipinski definition) is 2. The van der Waals surface area contributed by atoms with E-state index in [1.807, 2.05) is 0 Å². The number of nitrogens with one attached hydrogen (secondary N) is 1. The summed E-state index contributed by atoms with van der Waals surface area (Å²) in [7, 11) is 0. The summed E-state index contributed by atoms with van der Waals surface area (Å²) in [5.41, 5.74) is 3.87. The highest BCUT2D eigenvalue weighted by molar-refractivity contribution is 6.30. The Hall–Kier alpha value is -1.49. The van der Waals surface area contributed by atoms with Crippen molar-refractivity contribution in [2.75, 3.05) is 0 Å². The number of nitrogens with two attached hydrogens (primary N) is 1. The summed E-state index contributed by atoms with van der Waals surface area (Å²) in [6.45, 7) is 0. The molecule has 17 heavy (non-hydrogen) atoms. The molecule has 2 aromatic rings. The monoisotopic (exact) mass is 251 g/mol. The molecule has 0 aliphatic rings. The van der Waals surface area contributed by atoms with E-state index in [9.17, 15) is 4.39 Å². The van der Waals surface area contributed by atoms with Crippen LogP contribution in [-0.4, -0.2) is 4.98 Å². The predicted molar refractivity (Wildman–Crippen MR) is 64.8 cm³/mol. The molecule has 0 radical (unpaired) electrons. The third-order valence-electron chi connectivity index (χ3n) is 2.48. The lowest BCUT2D eigenvalue weighted by molar-refractivity contribution is 0.560. The highest BCUT2D eigenvalue weighted by Gasteiger charge is 2.16. The number of hydrazine groups is 1. The molecular weight excluding hydrogens is 241 g/mol. The highest BCUT2D eigenvalue weighted by atomic mass is 35.5. The van der Waals surface area contributed by atoms with Gasteiger partial charge in [-0.3, -0.25) is 10.8 Å². The van der Waals surface area contributed by atoms with Crippen LogP contribution in [0.4, 0.5) is 4.39 Å². The second-order valence-corrected chi connectivity index (χ2v) is 3.98. The molecule has 1 heterocycles. The second-order valence-electron chi connectivity index (χ2n) is 3.55. The first kappa shape index (κ1) is 12.0. The molecule has 0 saturated carbocycles. The average Bonchev–Trinajstić information content (AvgIpc) is 2.34. The van der Waals surface area contributed by atoms with Crippen LogP contribution in [0.5, 0.6) is 0 Å². The van der Waals surface area contributed by atoms with Crippen LogP contribution in [0.1, 0.15) is 17.2 Å². The zero-order valence-electron chi connectivity index (χ0n) is 8.90. The van der Waals surface area contributed by atoms with Gasteiger partial charge in [-0.2, -0.15) is 0 Å². The summed E-state index contributed by atoms with van der Waals surface area (Å²) < 4.78 is 13.8. The van der Waals surface area contributed by atoms with Gasteiger partial charge in [0.15, 0.2) is 0 Å². The van der Waals surface area contributed by atoms with Gasteiger partial charge < -0.3 is 0 Å². The lowest BCUT2D eigenvalue weighted by Crippen LogP contribution is -2.29. The molecule has 3 N–H and O–H groups in total. The first-order valence-electron chi connectivity index (χ1n) is 5.03. The third kappa shape index (κ3) is 2.61. The number of aromatic nitrogens is 1. The Bertz CT molecular complexity index is 504. The van der Waals surface area contributed by atoms with Gasteiger partial charge in [-0.15, -0.1) is 0 Å². The minimum absolute atomic E-state index is 0.358. The standard InChI is InChI=1S/C12H11ClFN3/c13-9-1-2-10(11(14)7-9)12(17-15)8-3-5-16-6-4-8/h1-7,12,17H,15H2.